The molecule has 0 N–H and O–H groups in total. The summed E-state index contributed by atoms with van der Waals surface area (Å²) in [6.45, 7) is 10.2. The summed E-state index contributed by atoms with van der Waals surface area (Å²) in [4.78, 5) is 0. The molecular weight excluding hydrogens is 208 g/mol. The van der Waals surface area contributed by atoms with Gasteiger partial charge in [0.05, 0.1) is 13.2 Å². The Morgan fingerprint density at radius 3 is 2.14 bits per heavy atom. The molecule has 4 heteroatoms. The average Bonchev–Trinajstić information content (AvgIpc) is 2.08. The fourth-order valence-corrected chi connectivity index (χ4v) is 1.72. The number of allylic oxidation sites excluding steroid dienone is 2. The molecule has 0 atom stereocenters. The molecule has 2 nitrogen and oxygen atoms in total. The number of hydrogen-bond donors (Lipinski definition) is 0. The average molecular weight is 230 g/mol. The summed E-state index contributed by atoms with van der Waals surface area (Å²) in [7, 11) is -1.58. The van der Waals surface area contributed by atoms with Gasteiger partial charge in [0.2, 0.25) is 0 Å². The Morgan fingerprint density at radius 2 is 1.64 bits per heavy atom. The van der Waals surface area contributed by atoms with E-state index < -0.39 is 8.32 Å². The van der Waals surface area contributed by atoms with E-state index in [1.807, 2.05) is 24.3 Å². The predicted octanol–water partition coefficient (Wildman–Crippen LogP) is 2.10. The van der Waals surface area contributed by atoms with Crippen molar-refractivity contribution >= 4 is 18.1 Å². The summed E-state index contributed by atoms with van der Waals surface area (Å²) in [5, 5.41) is 0. The molecular formula is C10H22O2Si2. The highest BCUT2D eigenvalue weighted by molar-refractivity contribution is 6.69. The largest absolute Gasteiger partial charge is 0.421 e. The maximum atomic E-state index is 5.65. The number of hydrogen-bond acceptors (Lipinski definition) is 2. The van der Waals surface area contributed by atoms with Crippen LogP contribution in [-0.2, 0) is 8.85 Å². The second kappa shape index (κ2) is 8.17. The van der Waals surface area contributed by atoms with Gasteiger partial charge in [0.1, 0.15) is 0 Å². The van der Waals surface area contributed by atoms with Crippen molar-refractivity contribution in [3.8, 4) is 0 Å². The summed E-state index contributed by atoms with van der Waals surface area (Å²) in [6.07, 6.45) is 8.10. The van der Waals surface area contributed by atoms with Crippen molar-refractivity contribution in [1.29, 1.82) is 0 Å². The molecule has 0 aliphatic heterocycles. The summed E-state index contributed by atoms with van der Waals surface area (Å²) >= 11 is 0. The third-order valence-electron chi connectivity index (χ3n) is 1.41. The fraction of sp³-hybridized carbons (Fsp3) is 0.600. The lowest BCUT2D eigenvalue weighted by Gasteiger charge is -2.14. The van der Waals surface area contributed by atoms with Crippen molar-refractivity contribution in [2.75, 3.05) is 13.2 Å². The molecule has 0 amide bonds. The Bertz CT molecular complexity index is 183. The first-order valence-electron chi connectivity index (χ1n) is 5.09. The Labute approximate surface area is 91.1 Å². The minimum absolute atomic E-state index is 0.243. The van der Waals surface area contributed by atoms with Gasteiger partial charge in [0.25, 0.3) is 0 Å². The molecule has 0 radical (unpaired) electrons. The molecule has 0 aromatic heterocycles. The SMILES string of the molecule is C[SiH2]OC/C=C/C=C/CO[Si](C)(C)C. The van der Waals surface area contributed by atoms with Crippen molar-refractivity contribution in [3.05, 3.63) is 24.3 Å². The van der Waals surface area contributed by atoms with Gasteiger partial charge >= 0.3 is 0 Å². The van der Waals surface area contributed by atoms with Crippen LogP contribution in [-0.4, -0.2) is 31.3 Å². The van der Waals surface area contributed by atoms with Crippen LogP contribution in [0.4, 0.5) is 0 Å². The molecule has 0 saturated carbocycles. The van der Waals surface area contributed by atoms with E-state index in [-0.39, 0.29) is 9.76 Å². The highest BCUT2D eigenvalue weighted by Crippen LogP contribution is 2.01. The van der Waals surface area contributed by atoms with E-state index in [0.717, 1.165) is 13.2 Å². The van der Waals surface area contributed by atoms with Gasteiger partial charge in [-0.25, -0.2) is 0 Å². The summed E-state index contributed by atoms with van der Waals surface area (Å²) in [5.74, 6) is 0. The monoisotopic (exact) mass is 230 g/mol. The Balaban J connectivity index is 3.40. The Hall–Kier alpha value is -0.166. The van der Waals surface area contributed by atoms with Gasteiger partial charge in [-0.2, -0.15) is 0 Å². The molecule has 0 saturated heterocycles. The van der Waals surface area contributed by atoms with Gasteiger partial charge in [0.15, 0.2) is 18.1 Å². The normalized spacial score (nSPS) is 14.0. The highest BCUT2D eigenvalue weighted by Gasteiger charge is 2.11. The zero-order chi connectivity index (χ0) is 10.9. The number of rotatable bonds is 7. The maximum Gasteiger partial charge on any atom is 0.184 e. The van der Waals surface area contributed by atoms with Crippen LogP contribution in [0.25, 0.3) is 0 Å². The van der Waals surface area contributed by atoms with Crippen molar-refractivity contribution in [1.82, 2.24) is 0 Å². The lowest BCUT2D eigenvalue weighted by atomic mass is 10.4. The van der Waals surface area contributed by atoms with Crippen LogP contribution in [0.5, 0.6) is 0 Å². The topological polar surface area (TPSA) is 18.5 Å². The van der Waals surface area contributed by atoms with E-state index in [9.17, 15) is 0 Å². The standard InChI is InChI=1S/C10H22O2Si2/c1-13-11-9-7-5-6-8-10-12-14(2,3)4/h5-8H,9-10,13H2,1-4H3/b7-5+,8-6+. The van der Waals surface area contributed by atoms with E-state index in [2.05, 4.69) is 26.2 Å². The van der Waals surface area contributed by atoms with Crippen molar-refractivity contribution < 1.29 is 8.85 Å². The smallest absolute Gasteiger partial charge is 0.184 e. The third-order valence-corrected chi connectivity index (χ3v) is 3.09. The summed E-state index contributed by atoms with van der Waals surface area (Å²) < 4.78 is 10.9. The Morgan fingerprint density at radius 1 is 1.07 bits per heavy atom. The van der Waals surface area contributed by atoms with Crippen LogP contribution in [0.2, 0.25) is 26.2 Å². The van der Waals surface area contributed by atoms with Crippen molar-refractivity contribution in [3.63, 3.8) is 0 Å². The molecule has 0 heterocycles. The van der Waals surface area contributed by atoms with Gasteiger partial charge in [-0.1, -0.05) is 30.9 Å². The third kappa shape index (κ3) is 11.8. The minimum Gasteiger partial charge on any atom is -0.421 e. The molecule has 0 bridgehead atoms. The van der Waals surface area contributed by atoms with E-state index >= 15 is 0 Å². The first kappa shape index (κ1) is 13.8. The lowest BCUT2D eigenvalue weighted by Crippen LogP contribution is -2.25. The molecule has 0 aliphatic rings. The van der Waals surface area contributed by atoms with Crippen molar-refractivity contribution in [2.45, 2.75) is 26.2 Å². The van der Waals surface area contributed by atoms with Crippen LogP contribution in [0.1, 0.15) is 0 Å². The van der Waals surface area contributed by atoms with E-state index in [1.165, 1.54) is 0 Å². The molecule has 0 rings (SSSR count). The molecule has 0 aromatic carbocycles. The second-order valence-corrected chi connectivity index (χ2v) is 9.44. The molecule has 0 fully saturated rings. The maximum absolute atomic E-state index is 5.65. The molecule has 0 unspecified atom stereocenters. The quantitative estimate of drug-likeness (QED) is 0.379. The van der Waals surface area contributed by atoms with Gasteiger partial charge in [-0.15, -0.1) is 0 Å². The fourth-order valence-electron chi connectivity index (χ4n) is 0.752. The van der Waals surface area contributed by atoms with Gasteiger partial charge in [-0.3, -0.25) is 0 Å². The first-order chi connectivity index (χ1) is 6.56. The van der Waals surface area contributed by atoms with E-state index in [0.29, 0.717) is 0 Å². The first-order valence-corrected chi connectivity index (χ1v) is 10.5. The summed E-state index contributed by atoms with van der Waals surface area (Å²) in [6, 6.07) is 0. The van der Waals surface area contributed by atoms with Gasteiger partial charge < -0.3 is 8.85 Å². The van der Waals surface area contributed by atoms with E-state index in [4.69, 9.17) is 8.85 Å². The zero-order valence-corrected chi connectivity index (χ0v) is 12.2. The summed E-state index contributed by atoms with van der Waals surface area (Å²) in [5.41, 5.74) is 0. The molecule has 0 aliphatic carbocycles. The molecule has 14 heavy (non-hydrogen) atoms. The van der Waals surface area contributed by atoms with Gasteiger partial charge in [-0.05, 0) is 19.6 Å². The highest BCUT2D eigenvalue weighted by atomic mass is 28.4. The predicted molar refractivity (Wildman–Crippen MR) is 67.9 cm³/mol. The lowest BCUT2D eigenvalue weighted by molar-refractivity contribution is 0.357. The van der Waals surface area contributed by atoms with E-state index in [1.54, 1.807) is 0 Å². The van der Waals surface area contributed by atoms with Crippen LogP contribution < -0.4 is 0 Å². The van der Waals surface area contributed by atoms with Gasteiger partial charge in [0, 0.05) is 0 Å². The van der Waals surface area contributed by atoms with Crippen LogP contribution in [0, 0.1) is 0 Å². The molecule has 82 valence electrons. The molecule has 0 spiro atoms. The van der Waals surface area contributed by atoms with Crippen LogP contribution in [0.15, 0.2) is 24.3 Å². The zero-order valence-electron chi connectivity index (χ0n) is 9.75. The minimum atomic E-state index is -1.33. The second-order valence-electron chi connectivity index (χ2n) is 3.94. The van der Waals surface area contributed by atoms with Crippen LogP contribution in [0.3, 0.4) is 0 Å². The Kier molecular flexibility index (Phi) is 8.07. The van der Waals surface area contributed by atoms with Crippen molar-refractivity contribution in [2.24, 2.45) is 0 Å². The van der Waals surface area contributed by atoms with Crippen LogP contribution >= 0.6 is 0 Å². The molecule has 0 aromatic rings.